The maximum absolute atomic E-state index is 13.7. The van der Waals surface area contributed by atoms with E-state index in [1.54, 1.807) is 43.3 Å². The fourth-order valence-electron chi connectivity index (χ4n) is 4.05. The van der Waals surface area contributed by atoms with Crippen LogP contribution in [-0.4, -0.2) is 76.4 Å². The first-order valence-electron chi connectivity index (χ1n) is 12.3. The lowest BCUT2D eigenvalue weighted by Gasteiger charge is -2.26. The predicted molar refractivity (Wildman–Crippen MR) is 139 cm³/mol. The lowest BCUT2D eigenvalue weighted by Crippen LogP contribution is -2.35. The highest BCUT2D eigenvalue weighted by molar-refractivity contribution is 7.93. The zero-order valence-electron chi connectivity index (χ0n) is 22.3. The normalized spacial score (nSPS) is 16.7. The molecule has 0 bridgehead atoms. The Hall–Kier alpha value is -3.36. The minimum atomic E-state index is -4.06. The molecular formula is C24H33N7O6S. The third-order valence-corrected chi connectivity index (χ3v) is 7.55. The second-order valence-corrected chi connectivity index (χ2v) is 11.2. The summed E-state index contributed by atoms with van der Waals surface area (Å²) in [4.78, 5) is 12.9. The quantitative estimate of drug-likeness (QED) is 0.377. The molecule has 38 heavy (non-hydrogen) atoms. The van der Waals surface area contributed by atoms with Crippen LogP contribution in [0.1, 0.15) is 51.2 Å². The lowest BCUT2D eigenvalue weighted by atomic mass is 10.2. The average Bonchev–Trinajstić information content (AvgIpc) is 3.20. The number of aryl methyl sites for hydroxylation is 1. The van der Waals surface area contributed by atoms with Gasteiger partial charge in [0.15, 0.2) is 17.4 Å². The zero-order valence-corrected chi connectivity index (χ0v) is 23.1. The Kier molecular flexibility index (Phi) is 8.43. The number of fused-ring (bicyclic) bond motifs is 3. The number of sulfonamides is 1. The van der Waals surface area contributed by atoms with Gasteiger partial charge in [0.05, 0.1) is 30.9 Å². The van der Waals surface area contributed by atoms with Crippen molar-refractivity contribution >= 4 is 16.0 Å². The van der Waals surface area contributed by atoms with Gasteiger partial charge in [0.25, 0.3) is 5.88 Å². The van der Waals surface area contributed by atoms with Gasteiger partial charge >= 0.3 is 0 Å². The van der Waals surface area contributed by atoms with Gasteiger partial charge in [0.1, 0.15) is 18.0 Å². The number of aromatic nitrogens is 6. The van der Waals surface area contributed by atoms with Crippen LogP contribution in [0, 0.1) is 6.92 Å². The molecule has 0 aliphatic carbocycles. The number of hydrogen-bond donors (Lipinski definition) is 1. The molecule has 3 aromatic rings. The van der Waals surface area contributed by atoms with Gasteiger partial charge in [-0.1, -0.05) is 0 Å². The summed E-state index contributed by atoms with van der Waals surface area (Å²) < 4.78 is 54.7. The molecule has 0 saturated carbocycles. The number of ether oxygens (including phenoxy) is 4. The maximum atomic E-state index is 13.7. The molecule has 0 aromatic carbocycles. The van der Waals surface area contributed by atoms with Crippen LogP contribution >= 0.6 is 0 Å². The van der Waals surface area contributed by atoms with Crippen molar-refractivity contribution in [1.29, 1.82) is 0 Å². The summed E-state index contributed by atoms with van der Waals surface area (Å²) in [6.45, 7) is 9.66. The van der Waals surface area contributed by atoms with Gasteiger partial charge in [0.2, 0.25) is 16.0 Å². The van der Waals surface area contributed by atoms with E-state index in [0.29, 0.717) is 29.6 Å². The molecule has 14 heteroatoms. The molecule has 0 radical (unpaired) electrons. The summed E-state index contributed by atoms with van der Waals surface area (Å²) in [5.74, 6) is 1.42. The number of nitrogens with one attached hydrogen (secondary N) is 1. The SMILES string of the molecule is CCOc1nccc2c1OC[C@H](COC)n1c(NS(=O)(=O)[C@@H](C)[C@H](OC(C)C)c3ncc(C)cn3)nnc1-2. The van der Waals surface area contributed by atoms with Crippen molar-refractivity contribution in [3.8, 4) is 23.0 Å². The molecule has 4 rings (SSSR count). The number of nitrogens with zero attached hydrogens (tertiary/aromatic N) is 6. The van der Waals surface area contributed by atoms with Crippen LogP contribution in [0.5, 0.6) is 11.6 Å². The number of pyridine rings is 1. The molecule has 0 amide bonds. The highest BCUT2D eigenvalue weighted by atomic mass is 32.2. The van der Waals surface area contributed by atoms with Gasteiger partial charge in [0, 0.05) is 25.7 Å². The number of rotatable bonds is 11. The predicted octanol–water partition coefficient (Wildman–Crippen LogP) is 2.71. The van der Waals surface area contributed by atoms with Crippen molar-refractivity contribution in [3.05, 3.63) is 36.0 Å². The van der Waals surface area contributed by atoms with Crippen molar-refractivity contribution in [2.24, 2.45) is 0 Å². The van der Waals surface area contributed by atoms with E-state index in [9.17, 15) is 8.42 Å². The minimum Gasteiger partial charge on any atom is -0.485 e. The van der Waals surface area contributed by atoms with E-state index in [-0.39, 0.29) is 31.1 Å². The smallest absolute Gasteiger partial charge is 0.257 e. The van der Waals surface area contributed by atoms with E-state index in [4.69, 9.17) is 18.9 Å². The molecule has 1 aliphatic rings. The Morgan fingerprint density at radius 2 is 1.92 bits per heavy atom. The molecule has 3 aromatic heterocycles. The van der Waals surface area contributed by atoms with Crippen LogP contribution in [0.2, 0.25) is 0 Å². The third-order valence-electron chi connectivity index (χ3n) is 5.86. The average molecular weight is 548 g/mol. The zero-order chi connectivity index (χ0) is 27.4. The summed E-state index contributed by atoms with van der Waals surface area (Å²) in [6.07, 6.45) is 3.65. The Balaban J connectivity index is 1.72. The second-order valence-electron chi connectivity index (χ2n) is 9.14. The van der Waals surface area contributed by atoms with Crippen LogP contribution < -0.4 is 14.2 Å². The molecular weight excluding hydrogens is 514 g/mol. The standard InChI is InChI=1S/C24H33N7O6S/c1-7-35-23-20-18(8-9-25-23)22-28-29-24(31(22)17(12-34-6)13-36-20)30-38(32,33)16(5)19(37-14(2)3)21-26-10-15(4)11-27-21/h8-11,14,16-17,19H,7,12-13H2,1-6H3,(H,29,30)/t16-,17-,19-/m0/s1. The summed E-state index contributed by atoms with van der Waals surface area (Å²) >= 11 is 0. The van der Waals surface area contributed by atoms with Crippen LogP contribution in [-0.2, 0) is 19.5 Å². The van der Waals surface area contributed by atoms with Crippen molar-refractivity contribution < 1.29 is 27.4 Å². The maximum Gasteiger partial charge on any atom is 0.257 e. The highest BCUT2D eigenvalue weighted by Crippen LogP contribution is 2.41. The van der Waals surface area contributed by atoms with Gasteiger partial charge < -0.3 is 18.9 Å². The Morgan fingerprint density at radius 3 is 2.58 bits per heavy atom. The van der Waals surface area contributed by atoms with Crippen LogP contribution in [0.4, 0.5) is 5.95 Å². The molecule has 206 valence electrons. The van der Waals surface area contributed by atoms with Crippen molar-refractivity contribution in [2.45, 2.75) is 58.1 Å². The number of anilines is 1. The Labute approximate surface area is 222 Å². The molecule has 0 spiro atoms. The second kappa shape index (κ2) is 11.6. The third kappa shape index (κ3) is 5.71. The topological polar surface area (TPSA) is 152 Å². The lowest BCUT2D eigenvalue weighted by molar-refractivity contribution is 0.00152. The number of methoxy groups -OCH3 is 1. The first-order chi connectivity index (χ1) is 18.2. The summed E-state index contributed by atoms with van der Waals surface area (Å²) in [6, 6.07) is 1.28. The minimum absolute atomic E-state index is 0.0215. The van der Waals surface area contributed by atoms with E-state index in [1.807, 2.05) is 27.7 Å². The Bertz CT molecular complexity index is 1350. The molecule has 3 atom stereocenters. The Morgan fingerprint density at radius 1 is 1.18 bits per heavy atom. The number of hydrogen-bond acceptors (Lipinski definition) is 11. The molecule has 4 heterocycles. The van der Waals surface area contributed by atoms with Gasteiger partial charge in [-0.3, -0.25) is 9.29 Å². The van der Waals surface area contributed by atoms with Gasteiger partial charge in [-0.15, -0.1) is 10.2 Å². The van der Waals surface area contributed by atoms with E-state index < -0.39 is 27.4 Å². The summed E-state index contributed by atoms with van der Waals surface area (Å²) in [7, 11) is -2.51. The van der Waals surface area contributed by atoms with Crippen LogP contribution in [0.25, 0.3) is 11.4 Å². The molecule has 13 nitrogen and oxygen atoms in total. The van der Waals surface area contributed by atoms with E-state index >= 15 is 0 Å². The van der Waals surface area contributed by atoms with Crippen LogP contribution in [0.3, 0.4) is 0 Å². The first-order valence-corrected chi connectivity index (χ1v) is 13.8. The monoisotopic (exact) mass is 547 g/mol. The fraction of sp³-hybridized carbons (Fsp3) is 0.542. The largest absolute Gasteiger partial charge is 0.485 e. The fourth-order valence-corrected chi connectivity index (χ4v) is 5.14. The molecule has 0 saturated heterocycles. The molecule has 0 unspecified atom stereocenters. The van der Waals surface area contributed by atoms with Crippen LogP contribution in [0.15, 0.2) is 24.7 Å². The van der Waals surface area contributed by atoms with E-state index in [1.165, 1.54) is 0 Å². The van der Waals surface area contributed by atoms with Crippen molar-refractivity contribution in [2.75, 3.05) is 31.7 Å². The van der Waals surface area contributed by atoms with Gasteiger partial charge in [-0.05, 0) is 46.2 Å². The highest BCUT2D eigenvalue weighted by Gasteiger charge is 2.37. The molecule has 1 aliphatic heterocycles. The van der Waals surface area contributed by atoms with Crippen molar-refractivity contribution in [1.82, 2.24) is 29.7 Å². The van der Waals surface area contributed by atoms with Gasteiger partial charge in [-0.25, -0.2) is 23.4 Å². The summed E-state index contributed by atoms with van der Waals surface area (Å²) in [5, 5.41) is 7.44. The van der Waals surface area contributed by atoms with E-state index in [2.05, 4.69) is 29.9 Å². The van der Waals surface area contributed by atoms with Crippen molar-refractivity contribution in [3.63, 3.8) is 0 Å². The van der Waals surface area contributed by atoms with Gasteiger partial charge in [-0.2, -0.15) is 0 Å². The molecule has 1 N–H and O–H groups in total. The summed E-state index contributed by atoms with van der Waals surface area (Å²) in [5.41, 5.74) is 1.42. The first kappa shape index (κ1) is 27.7. The molecule has 0 fully saturated rings. The van der Waals surface area contributed by atoms with E-state index in [0.717, 1.165) is 5.56 Å².